The SMILES string of the molecule is COC(=O)CCCC#CC(=O)c1ccccc1N(c1ccccc1)c1ccccc1. The summed E-state index contributed by atoms with van der Waals surface area (Å²) in [6.07, 6.45) is 1.32. The van der Waals surface area contributed by atoms with Crippen LogP contribution < -0.4 is 4.90 Å². The normalized spacial score (nSPS) is 9.90. The number of unbranched alkanes of at least 4 members (excludes halogenated alkanes) is 1. The Balaban J connectivity index is 1.90. The Bertz CT molecular complexity index is 1010. The molecular weight excluding hydrogens is 374 g/mol. The van der Waals surface area contributed by atoms with Crippen LogP contribution in [-0.2, 0) is 9.53 Å². The summed E-state index contributed by atoms with van der Waals surface area (Å²) in [5, 5.41) is 0. The Morgan fingerprint density at radius 3 is 2.00 bits per heavy atom. The maximum Gasteiger partial charge on any atom is 0.305 e. The molecule has 0 spiro atoms. The van der Waals surface area contributed by atoms with Crippen LogP contribution in [0.15, 0.2) is 84.9 Å². The van der Waals surface area contributed by atoms with Gasteiger partial charge in [-0.1, -0.05) is 54.5 Å². The minimum absolute atomic E-state index is 0.250. The van der Waals surface area contributed by atoms with Crippen molar-refractivity contribution in [3.63, 3.8) is 0 Å². The molecule has 3 rings (SSSR count). The van der Waals surface area contributed by atoms with Gasteiger partial charge in [0.15, 0.2) is 0 Å². The Morgan fingerprint density at radius 1 is 0.833 bits per heavy atom. The lowest BCUT2D eigenvalue weighted by Gasteiger charge is -2.26. The van der Waals surface area contributed by atoms with E-state index in [0.29, 0.717) is 24.8 Å². The van der Waals surface area contributed by atoms with Gasteiger partial charge in [0.2, 0.25) is 5.78 Å². The van der Waals surface area contributed by atoms with Crippen LogP contribution in [0.5, 0.6) is 0 Å². The number of rotatable bonds is 7. The quantitative estimate of drug-likeness (QED) is 0.169. The van der Waals surface area contributed by atoms with E-state index in [1.54, 1.807) is 6.07 Å². The second kappa shape index (κ2) is 10.6. The molecule has 0 saturated carbocycles. The number of anilines is 3. The molecule has 0 atom stereocenters. The largest absolute Gasteiger partial charge is 0.469 e. The highest BCUT2D eigenvalue weighted by atomic mass is 16.5. The fraction of sp³-hybridized carbons (Fsp3) is 0.154. The van der Waals surface area contributed by atoms with Crippen LogP contribution in [0.1, 0.15) is 29.6 Å². The van der Waals surface area contributed by atoms with E-state index in [4.69, 9.17) is 0 Å². The van der Waals surface area contributed by atoms with Gasteiger partial charge in [-0.3, -0.25) is 9.59 Å². The van der Waals surface area contributed by atoms with Gasteiger partial charge >= 0.3 is 5.97 Å². The molecule has 0 amide bonds. The molecule has 3 aromatic rings. The van der Waals surface area contributed by atoms with E-state index in [2.05, 4.69) is 16.6 Å². The minimum Gasteiger partial charge on any atom is -0.469 e. The Morgan fingerprint density at radius 2 is 1.40 bits per heavy atom. The van der Waals surface area contributed by atoms with E-state index < -0.39 is 0 Å². The van der Waals surface area contributed by atoms with Gasteiger partial charge < -0.3 is 9.64 Å². The first-order valence-electron chi connectivity index (χ1n) is 9.80. The van der Waals surface area contributed by atoms with Gasteiger partial charge in [-0.15, -0.1) is 0 Å². The highest BCUT2D eigenvalue weighted by Crippen LogP contribution is 2.36. The van der Waals surface area contributed by atoms with Crippen LogP contribution in [0.4, 0.5) is 17.1 Å². The number of esters is 1. The molecule has 0 aliphatic heterocycles. The second-order valence-corrected chi connectivity index (χ2v) is 6.58. The molecule has 0 aliphatic rings. The van der Waals surface area contributed by atoms with E-state index in [1.807, 2.05) is 83.8 Å². The maximum absolute atomic E-state index is 12.9. The third kappa shape index (κ3) is 5.36. The molecule has 0 fully saturated rings. The number of Topliss-reactive ketones (excluding diaryl/α,β-unsaturated/α-hetero) is 1. The first-order chi connectivity index (χ1) is 14.7. The summed E-state index contributed by atoms with van der Waals surface area (Å²) in [6.45, 7) is 0. The molecule has 150 valence electrons. The molecule has 3 aromatic carbocycles. The Labute approximate surface area is 177 Å². The fourth-order valence-electron chi connectivity index (χ4n) is 3.08. The molecule has 0 N–H and O–H groups in total. The second-order valence-electron chi connectivity index (χ2n) is 6.58. The van der Waals surface area contributed by atoms with E-state index in [-0.39, 0.29) is 11.8 Å². The molecule has 0 saturated heterocycles. The lowest BCUT2D eigenvalue weighted by Crippen LogP contribution is -2.13. The van der Waals surface area contributed by atoms with Crippen molar-refractivity contribution < 1.29 is 14.3 Å². The zero-order chi connectivity index (χ0) is 21.2. The highest BCUT2D eigenvalue weighted by Gasteiger charge is 2.18. The molecule has 0 heterocycles. The van der Waals surface area contributed by atoms with Crippen molar-refractivity contribution >= 4 is 28.8 Å². The van der Waals surface area contributed by atoms with Gasteiger partial charge in [0.05, 0.1) is 18.4 Å². The number of hydrogen-bond donors (Lipinski definition) is 0. The lowest BCUT2D eigenvalue weighted by atomic mass is 10.1. The average molecular weight is 397 g/mol. The summed E-state index contributed by atoms with van der Waals surface area (Å²) in [6, 6.07) is 27.3. The van der Waals surface area contributed by atoms with Crippen molar-refractivity contribution in [1.29, 1.82) is 0 Å². The van der Waals surface area contributed by atoms with Gasteiger partial charge in [-0.05, 0) is 48.7 Å². The molecule has 0 aromatic heterocycles. The first kappa shape index (κ1) is 20.9. The molecule has 0 radical (unpaired) electrons. The summed E-state index contributed by atoms with van der Waals surface area (Å²) in [5.74, 6) is 5.09. The number of nitrogens with zero attached hydrogens (tertiary/aromatic N) is 1. The molecule has 0 bridgehead atoms. The molecule has 30 heavy (non-hydrogen) atoms. The van der Waals surface area contributed by atoms with E-state index in [1.165, 1.54) is 7.11 Å². The molecule has 4 nitrogen and oxygen atoms in total. The Kier molecular flexibility index (Phi) is 7.40. The molecule has 0 aliphatic carbocycles. The lowest BCUT2D eigenvalue weighted by molar-refractivity contribution is -0.140. The number of hydrogen-bond acceptors (Lipinski definition) is 4. The van der Waals surface area contributed by atoms with Crippen LogP contribution in [0.25, 0.3) is 0 Å². The predicted molar refractivity (Wildman–Crippen MR) is 119 cm³/mol. The van der Waals surface area contributed by atoms with E-state index in [9.17, 15) is 9.59 Å². The number of methoxy groups -OCH3 is 1. The smallest absolute Gasteiger partial charge is 0.305 e. The van der Waals surface area contributed by atoms with Gasteiger partial charge in [0.1, 0.15) is 0 Å². The van der Waals surface area contributed by atoms with Gasteiger partial charge in [-0.2, -0.15) is 0 Å². The first-order valence-corrected chi connectivity index (χ1v) is 9.80. The number of carbonyl (C=O) groups is 2. The van der Waals surface area contributed by atoms with Crippen molar-refractivity contribution in [1.82, 2.24) is 0 Å². The van der Waals surface area contributed by atoms with Crippen molar-refractivity contribution in [2.45, 2.75) is 19.3 Å². The van der Waals surface area contributed by atoms with E-state index in [0.717, 1.165) is 17.1 Å². The van der Waals surface area contributed by atoms with Gasteiger partial charge in [0.25, 0.3) is 0 Å². The average Bonchev–Trinajstić information content (AvgIpc) is 2.80. The highest BCUT2D eigenvalue weighted by molar-refractivity contribution is 6.13. The summed E-state index contributed by atoms with van der Waals surface area (Å²) in [7, 11) is 1.36. The van der Waals surface area contributed by atoms with Crippen LogP contribution >= 0.6 is 0 Å². The van der Waals surface area contributed by atoms with Crippen LogP contribution in [-0.4, -0.2) is 18.9 Å². The summed E-state index contributed by atoms with van der Waals surface area (Å²) in [5.41, 5.74) is 3.21. The van der Waals surface area contributed by atoms with Crippen molar-refractivity contribution in [3.05, 3.63) is 90.5 Å². The third-order valence-electron chi connectivity index (χ3n) is 4.53. The van der Waals surface area contributed by atoms with Crippen molar-refractivity contribution in [2.75, 3.05) is 12.0 Å². The molecule has 4 heteroatoms. The van der Waals surface area contributed by atoms with Crippen LogP contribution in [0, 0.1) is 11.8 Å². The minimum atomic E-state index is -0.269. The number of ketones is 1. The topological polar surface area (TPSA) is 46.6 Å². The number of carbonyl (C=O) groups excluding carboxylic acids is 2. The third-order valence-corrected chi connectivity index (χ3v) is 4.53. The van der Waals surface area contributed by atoms with Crippen molar-refractivity contribution in [2.24, 2.45) is 0 Å². The van der Waals surface area contributed by atoms with Crippen molar-refractivity contribution in [3.8, 4) is 11.8 Å². The zero-order valence-electron chi connectivity index (χ0n) is 16.9. The monoisotopic (exact) mass is 397 g/mol. The molecular formula is C26H23NO3. The maximum atomic E-state index is 12.9. The Hall–Kier alpha value is -3.84. The van der Waals surface area contributed by atoms with Crippen LogP contribution in [0.2, 0.25) is 0 Å². The summed E-state index contributed by atoms with van der Waals surface area (Å²) in [4.78, 5) is 26.1. The van der Waals surface area contributed by atoms with Crippen LogP contribution in [0.3, 0.4) is 0 Å². The summed E-state index contributed by atoms with van der Waals surface area (Å²) < 4.78 is 4.61. The summed E-state index contributed by atoms with van der Waals surface area (Å²) >= 11 is 0. The van der Waals surface area contributed by atoms with Gasteiger partial charge in [0, 0.05) is 24.2 Å². The standard InChI is InChI=1S/C26H23NO3/c1-30-26(29)20-10-4-9-19-25(28)23-17-11-12-18-24(23)27(21-13-5-2-6-14-21)22-15-7-3-8-16-22/h2-3,5-8,11-18H,4,10,20H2,1H3. The number of ether oxygens (including phenoxy) is 1. The number of benzene rings is 3. The number of para-hydroxylation sites is 3. The van der Waals surface area contributed by atoms with Gasteiger partial charge in [-0.25, -0.2) is 0 Å². The zero-order valence-corrected chi connectivity index (χ0v) is 16.9. The predicted octanol–water partition coefficient (Wildman–Crippen LogP) is 5.69. The molecule has 0 unspecified atom stereocenters. The fourth-order valence-corrected chi connectivity index (χ4v) is 3.08. The van der Waals surface area contributed by atoms with E-state index >= 15 is 0 Å².